The number of pyridine rings is 1. The number of hydrogen-bond donors (Lipinski definition) is 2. The van der Waals surface area contributed by atoms with E-state index in [1.165, 1.54) is 0 Å². The van der Waals surface area contributed by atoms with Gasteiger partial charge in [-0.3, -0.25) is 0 Å². The van der Waals surface area contributed by atoms with Gasteiger partial charge in [-0.2, -0.15) is 0 Å². The Morgan fingerprint density at radius 3 is 3.00 bits per heavy atom. The van der Waals surface area contributed by atoms with Gasteiger partial charge in [0.1, 0.15) is 4.60 Å². The van der Waals surface area contributed by atoms with Gasteiger partial charge < -0.3 is 10.0 Å². The van der Waals surface area contributed by atoms with Gasteiger partial charge in [0.15, 0.2) is 0 Å². The zero-order valence-electron chi connectivity index (χ0n) is 7.80. The van der Waals surface area contributed by atoms with Crippen LogP contribution < -0.4 is 5.46 Å². The van der Waals surface area contributed by atoms with Crippen molar-refractivity contribution in [1.82, 2.24) is 4.98 Å². The van der Waals surface area contributed by atoms with E-state index in [2.05, 4.69) is 20.9 Å². The fourth-order valence-electron chi connectivity index (χ4n) is 0.437. The monoisotopic (exact) mass is 204 g/mol. The molecule has 0 atom stereocenters. The van der Waals surface area contributed by atoms with Gasteiger partial charge in [-0.1, -0.05) is 0 Å². The third-order valence-electron chi connectivity index (χ3n) is 0.841. The molecule has 1 aromatic heterocycles. The Bertz CT molecular complexity index is 323. The fourth-order valence-corrected chi connectivity index (χ4v) is 0.739. The molecule has 0 bridgehead atoms. The largest absolute Gasteiger partial charge is 0.488 e. The summed E-state index contributed by atoms with van der Waals surface area (Å²) >= 11 is 2.88. The summed E-state index contributed by atoms with van der Waals surface area (Å²) in [5.41, 5.74) is -0.313. The number of halogens is 1. The lowest BCUT2D eigenvalue weighted by atomic mass is 9.81. The zero-order chi connectivity index (χ0) is 10.2. The Hall–Kier alpha value is -0.385. The van der Waals surface area contributed by atoms with E-state index >= 15 is 0 Å². The first-order valence-corrected chi connectivity index (χ1v) is 3.23. The molecule has 0 radical (unpaired) electrons. The van der Waals surface area contributed by atoms with Crippen LogP contribution in [0.25, 0.3) is 0 Å². The summed E-state index contributed by atoms with van der Waals surface area (Å²) in [6.45, 7) is 0. The summed E-state index contributed by atoms with van der Waals surface area (Å²) in [5, 5.41) is 17.6. The average molecular weight is 205 g/mol. The first kappa shape index (κ1) is 4.48. The van der Waals surface area contributed by atoms with Gasteiger partial charge >= 0.3 is 7.12 Å². The van der Waals surface area contributed by atoms with Crippen molar-refractivity contribution in [3.05, 3.63) is 22.9 Å². The molecule has 0 aliphatic heterocycles. The molecule has 1 aromatic rings. The fraction of sp³-hybridized carbons (Fsp3) is 0. The predicted octanol–water partition coefficient (Wildman–Crippen LogP) is -0.476. The van der Waals surface area contributed by atoms with Crippen molar-refractivity contribution in [2.45, 2.75) is 0 Å². The van der Waals surface area contributed by atoms with Crippen LogP contribution in [0.15, 0.2) is 22.9 Å². The van der Waals surface area contributed by atoms with E-state index < -0.39 is 19.3 Å². The molecule has 1 rings (SSSR count). The van der Waals surface area contributed by atoms with Crippen LogP contribution in [0.4, 0.5) is 0 Å². The summed E-state index contributed by atoms with van der Waals surface area (Å²) in [6.07, 6.45) is -0.397. The van der Waals surface area contributed by atoms with Crippen molar-refractivity contribution in [1.29, 1.82) is 0 Å². The van der Waals surface area contributed by atoms with Gasteiger partial charge in [0.25, 0.3) is 0 Å². The molecule has 0 unspecified atom stereocenters. The molecule has 0 saturated heterocycles. The van der Waals surface area contributed by atoms with E-state index in [1.54, 1.807) is 0 Å². The summed E-state index contributed by atoms with van der Waals surface area (Å²) in [6, 6.07) is -0.723. The smallest absolute Gasteiger partial charge is 0.423 e. The average Bonchev–Trinajstić information content (AvgIpc) is 2.01. The van der Waals surface area contributed by atoms with Crippen LogP contribution in [0.2, 0.25) is 0 Å². The molecule has 0 aliphatic rings. The minimum atomic E-state index is -1.93. The SMILES string of the molecule is [2H]c1nc(Br)c([2H])c(B(O)O)c1[2H]. The molecule has 1 heterocycles. The number of nitrogens with zero attached hydrogens (tertiary/aromatic N) is 1. The van der Waals surface area contributed by atoms with Crippen molar-refractivity contribution in [2.75, 3.05) is 0 Å². The Morgan fingerprint density at radius 1 is 1.70 bits per heavy atom. The van der Waals surface area contributed by atoms with Crippen LogP contribution in [-0.2, 0) is 0 Å². The van der Waals surface area contributed by atoms with Gasteiger partial charge in [0, 0.05) is 6.17 Å². The van der Waals surface area contributed by atoms with Crippen molar-refractivity contribution in [2.24, 2.45) is 0 Å². The molecule has 0 saturated carbocycles. The van der Waals surface area contributed by atoms with Gasteiger partial charge in [-0.05, 0) is 33.5 Å². The summed E-state index contributed by atoms with van der Waals surface area (Å²) < 4.78 is 21.8. The lowest BCUT2D eigenvalue weighted by molar-refractivity contribution is 0.425. The van der Waals surface area contributed by atoms with E-state index in [1.807, 2.05) is 0 Å². The van der Waals surface area contributed by atoms with E-state index in [4.69, 9.17) is 14.2 Å². The second-order valence-corrected chi connectivity index (χ2v) is 2.30. The Labute approximate surface area is 71.2 Å². The molecule has 52 valence electrons. The maximum Gasteiger partial charge on any atom is 0.488 e. The van der Waals surface area contributed by atoms with Crippen LogP contribution in [0.5, 0.6) is 0 Å². The maximum atomic E-state index is 8.82. The van der Waals surface area contributed by atoms with Gasteiger partial charge in [-0.25, -0.2) is 4.98 Å². The molecule has 2 N–H and O–H groups in total. The minimum Gasteiger partial charge on any atom is -0.423 e. The van der Waals surface area contributed by atoms with Gasteiger partial charge in [0.2, 0.25) is 0 Å². The highest BCUT2D eigenvalue weighted by Gasteiger charge is 2.09. The molecular weight excluding hydrogens is 197 g/mol. The molecule has 3 nitrogen and oxygen atoms in total. The van der Waals surface area contributed by atoms with Crippen molar-refractivity contribution in [3.8, 4) is 0 Å². The van der Waals surface area contributed by atoms with Crippen LogP contribution in [0.3, 0.4) is 0 Å². The highest BCUT2D eigenvalue weighted by Crippen LogP contribution is 2.00. The third-order valence-corrected chi connectivity index (χ3v) is 1.22. The third kappa shape index (κ3) is 1.80. The van der Waals surface area contributed by atoms with E-state index in [-0.39, 0.29) is 16.1 Å². The van der Waals surface area contributed by atoms with Crippen molar-refractivity contribution >= 4 is 28.5 Å². The van der Waals surface area contributed by atoms with Crippen LogP contribution >= 0.6 is 15.9 Å². The number of hydrogen-bond acceptors (Lipinski definition) is 3. The summed E-state index contributed by atoms with van der Waals surface area (Å²) in [7, 11) is -1.93. The molecule has 0 spiro atoms. The van der Waals surface area contributed by atoms with Crippen LogP contribution in [0, 0.1) is 0 Å². The maximum absolute atomic E-state index is 8.82. The van der Waals surface area contributed by atoms with Crippen molar-refractivity contribution < 1.29 is 14.2 Å². The molecule has 10 heavy (non-hydrogen) atoms. The highest BCUT2D eigenvalue weighted by atomic mass is 79.9. The first-order valence-electron chi connectivity index (χ1n) is 3.94. The second kappa shape index (κ2) is 3.14. The molecule has 5 heteroatoms. The number of rotatable bonds is 1. The molecule has 0 aromatic carbocycles. The summed E-state index contributed by atoms with van der Waals surface area (Å²) in [5.74, 6) is 0. The molecule has 0 aliphatic carbocycles. The first-order chi connectivity index (χ1) is 5.95. The van der Waals surface area contributed by atoms with Crippen molar-refractivity contribution in [3.63, 3.8) is 0 Å². The minimum absolute atomic E-state index is 0.0246. The molecule has 0 amide bonds. The standard InChI is InChI=1S/C5H5BBrNO2/c7-5-3-4(6(9)10)1-2-8-5/h1-3,9-10H/i1D,2D,3D. The topological polar surface area (TPSA) is 53.4 Å². The van der Waals surface area contributed by atoms with Crippen LogP contribution in [-0.4, -0.2) is 22.2 Å². The summed E-state index contributed by atoms with van der Waals surface area (Å²) in [4.78, 5) is 3.50. The predicted molar refractivity (Wildman–Crippen MR) is 41.8 cm³/mol. The Morgan fingerprint density at radius 2 is 2.40 bits per heavy atom. The second-order valence-electron chi connectivity index (χ2n) is 1.55. The molecule has 0 fully saturated rings. The normalized spacial score (nSPS) is 13.7. The molecular formula is C5H5BBrNO2. The quantitative estimate of drug-likeness (QED) is 0.480. The van der Waals surface area contributed by atoms with E-state index in [0.29, 0.717) is 0 Å². The lowest BCUT2D eigenvalue weighted by Gasteiger charge is -1.96. The zero-order valence-corrected chi connectivity index (χ0v) is 6.38. The Balaban J connectivity index is 3.46. The van der Waals surface area contributed by atoms with Gasteiger partial charge in [0.05, 0.1) is 4.11 Å². The van der Waals surface area contributed by atoms with Crippen LogP contribution in [0.1, 0.15) is 4.11 Å². The lowest BCUT2D eigenvalue weighted by Crippen LogP contribution is -2.29. The number of aromatic nitrogens is 1. The van der Waals surface area contributed by atoms with Gasteiger partial charge in [-0.15, -0.1) is 0 Å². The van der Waals surface area contributed by atoms with E-state index in [0.717, 1.165) is 0 Å². The van der Waals surface area contributed by atoms with E-state index in [9.17, 15) is 0 Å². The highest BCUT2D eigenvalue weighted by molar-refractivity contribution is 9.10. The Kier molecular flexibility index (Phi) is 1.41.